The van der Waals surface area contributed by atoms with Crippen molar-refractivity contribution >= 4 is 38.6 Å². The van der Waals surface area contributed by atoms with Crippen LogP contribution in [0.3, 0.4) is 0 Å². The monoisotopic (exact) mass is 494 g/mol. The van der Waals surface area contributed by atoms with Gasteiger partial charge in [-0.25, -0.2) is 0 Å². The zero-order chi connectivity index (χ0) is 22.7. The molecule has 0 saturated carbocycles. The molecule has 1 amide bonds. The van der Waals surface area contributed by atoms with Crippen molar-refractivity contribution in [2.24, 2.45) is 0 Å². The summed E-state index contributed by atoms with van der Waals surface area (Å²) < 4.78 is 12.0. The summed E-state index contributed by atoms with van der Waals surface area (Å²) >= 11 is 3.49. The van der Waals surface area contributed by atoms with E-state index >= 15 is 0 Å². The molecule has 0 aliphatic carbocycles. The van der Waals surface area contributed by atoms with Gasteiger partial charge in [0.1, 0.15) is 22.5 Å². The highest BCUT2D eigenvalue weighted by Gasteiger charge is 2.11. The maximum atomic E-state index is 12.4. The first-order chi connectivity index (χ1) is 15.4. The fourth-order valence-corrected chi connectivity index (χ4v) is 4.16. The highest BCUT2D eigenvalue weighted by Crippen LogP contribution is 2.30. The minimum Gasteiger partial charge on any atom is -0.494 e. The number of nitrogens with one attached hydrogen (secondary N) is 1. The van der Waals surface area contributed by atoms with Gasteiger partial charge < -0.3 is 14.8 Å². The number of carbonyl (C=O) groups excluding carboxylic acids is 1. The third kappa shape index (κ3) is 4.91. The molecule has 4 rings (SSSR count). The number of anilines is 1. The first-order valence-corrected chi connectivity index (χ1v) is 11.0. The van der Waals surface area contributed by atoms with Crippen LogP contribution in [0.15, 0.2) is 59.1 Å². The van der Waals surface area contributed by atoms with E-state index in [1.54, 1.807) is 16.9 Å². The van der Waals surface area contributed by atoms with Gasteiger partial charge in [-0.1, -0.05) is 6.07 Å². The largest absolute Gasteiger partial charge is 0.494 e. The molecule has 32 heavy (non-hydrogen) atoms. The number of carbonyl (C=O) groups is 1. The van der Waals surface area contributed by atoms with Gasteiger partial charge in [-0.2, -0.15) is 4.80 Å². The van der Waals surface area contributed by atoms with E-state index in [1.807, 2.05) is 63.2 Å². The Bertz CT molecular complexity index is 1250. The van der Waals surface area contributed by atoms with Crippen molar-refractivity contribution in [3.8, 4) is 17.2 Å². The highest BCUT2D eigenvalue weighted by molar-refractivity contribution is 9.10. The highest BCUT2D eigenvalue weighted by atomic mass is 79.9. The minimum atomic E-state index is -0.255. The Morgan fingerprint density at radius 3 is 2.47 bits per heavy atom. The molecule has 0 bridgehead atoms. The van der Waals surface area contributed by atoms with Crippen LogP contribution in [0.5, 0.6) is 11.5 Å². The van der Waals surface area contributed by atoms with E-state index in [9.17, 15) is 4.79 Å². The molecular weight excluding hydrogens is 472 g/mol. The summed E-state index contributed by atoms with van der Waals surface area (Å²) in [5.74, 6) is 1.21. The SMILES string of the molecule is CCOc1ccc(-n2nc3ccc(NC(=O)COc4c(C)cc(C)cc4Br)cc3n2)cc1. The lowest BCUT2D eigenvalue weighted by Crippen LogP contribution is -2.20. The predicted octanol–water partition coefficient (Wildman–Crippen LogP) is 5.22. The number of hydrogen-bond acceptors (Lipinski definition) is 5. The lowest BCUT2D eigenvalue weighted by Gasteiger charge is -2.12. The fraction of sp³-hybridized carbons (Fsp3) is 0.208. The molecule has 4 aromatic rings. The topological polar surface area (TPSA) is 78.3 Å². The molecule has 0 unspecified atom stereocenters. The maximum absolute atomic E-state index is 12.4. The molecule has 1 aromatic heterocycles. The van der Waals surface area contributed by atoms with Crippen LogP contribution < -0.4 is 14.8 Å². The first-order valence-electron chi connectivity index (χ1n) is 10.2. The van der Waals surface area contributed by atoms with Gasteiger partial charge in [0.15, 0.2) is 6.61 Å². The molecule has 1 N–H and O–H groups in total. The van der Waals surface area contributed by atoms with Crippen molar-refractivity contribution in [2.75, 3.05) is 18.5 Å². The van der Waals surface area contributed by atoms with Gasteiger partial charge in [0.2, 0.25) is 0 Å². The third-order valence-electron chi connectivity index (χ3n) is 4.76. The Morgan fingerprint density at radius 2 is 1.75 bits per heavy atom. The van der Waals surface area contributed by atoms with E-state index in [4.69, 9.17) is 9.47 Å². The van der Waals surface area contributed by atoms with E-state index < -0.39 is 0 Å². The van der Waals surface area contributed by atoms with Crippen LogP contribution in [0, 0.1) is 13.8 Å². The quantitative estimate of drug-likeness (QED) is 0.381. The number of ether oxygens (including phenoxy) is 2. The van der Waals surface area contributed by atoms with Gasteiger partial charge in [0, 0.05) is 5.69 Å². The van der Waals surface area contributed by atoms with Gasteiger partial charge in [0.05, 0.1) is 16.8 Å². The number of halogens is 1. The van der Waals surface area contributed by atoms with Crippen molar-refractivity contribution in [3.63, 3.8) is 0 Å². The molecule has 1 heterocycles. The van der Waals surface area contributed by atoms with Gasteiger partial charge in [-0.05, 0) is 96.4 Å². The van der Waals surface area contributed by atoms with Crippen LogP contribution in [-0.4, -0.2) is 34.1 Å². The Morgan fingerprint density at radius 1 is 1.00 bits per heavy atom. The van der Waals surface area contributed by atoms with Crippen LogP contribution in [0.2, 0.25) is 0 Å². The van der Waals surface area contributed by atoms with Crippen molar-refractivity contribution in [1.29, 1.82) is 0 Å². The molecule has 0 aliphatic rings. The number of rotatable bonds is 7. The van der Waals surface area contributed by atoms with Crippen molar-refractivity contribution in [3.05, 3.63) is 70.2 Å². The minimum absolute atomic E-state index is 0.0978. The zero-order valence-electron chi connectivity index (χ0n) is 18.1. The van der Waals surface area contributed by atoms with Gasteiger partial charge >= 0.3 is 0 Å². The number of amides is 1. The fourth-order valence-electron chi connectivity index (χ4n) is 3.37. The molecule has 164 valence electrons. The van der Waals surface area contributed by atoms with E-state index in [0.717, 1.165) is 32.6 Å². The van der Waals surface area contributed by atoms with Crippen LogP contribution >= 0.6 is 15.9 Å². The van der Waals surface area contributed by atoms with Crippen molar-refractivity contribution < 1.29 is 14.3 Å². The summed E-state index contributed by atoms with van der Waals surface area (Å²) in [6.07, 6.45) is 0. The second kappa shape index (κ2) is 9.40. The van der Waals surface area contributed by atoms with Crippen LogP contribution in [0.4, 0.5) is 5.69 Å². The smallest absolute Gasteiger partial charge is 0.262 e. The van der Waals surface area contributed by atoms with E-state index in [0.29, 0.717) is 23.6 Å². The summed E-state index contributed by atoms with van der Waals surface area (Å²) in [7, 11) is 0. The second-order valence-electron chi connectivity index (χ2n) is 7.35. The lowest BCUT2D eigenvalue weighted by molar-refractivity contribution is -0.118. The van der Waals surface area contributed by atoms with Gasteiger partial charge in [-0.3, -0.25) is 4.79 Å². The average molecular weight is 495 g/mol. The number of hydrogen-bond donors (Lipinski definition) is 1. The molecule has 0 aliphatic heterocycles. The molecule has 8 heteroatoms. The molecule has 0 atom stereocenters. The molecule has 0 radical (unpaired) electrons. The van der Waals surface area contributed by atoms with Crippen molar-refractivity contribution in [2.45, 2.75) is 20.8 Å². The average Bonchev–Trinajstić information content (AvgIpc) is 3.17. The van der Waals surface area contributed by atoms with Crippen molar-refractivity contribution in [1.82, 2.24) is 15.0 Å². The Balaban J connectivity index is 1.44. The number of aryl methyl sites for hydroxylation is 2. The Kier molecular flexibility index (Phi) is 6.41. The number of fused-ring (bicyclic) bond motifs is 1. The third-order valence-corrected chi connectivity index (χ3v) is 5.35. The normalized spacial score (nSPS) is 10.9. The van der Waals surface area contributed by atoms with E-state index in [2.05, 4.69) is 31.4 Å². The molecule has 0 spiro atoms. The number of aromatic nitrogens is 3. The summed E-state index contributed by atoms with van der Waals surface area (Å²) in [6, 6.07) is 16.9. The Hall–Kier alpha value is -3.39. The predicted molar refractivity (Wildman–Crippen MR) is 128 cm³/mol. The van der Waals surface area contributed by atoms with Gasteiger partial charge in [-0.15, -0.1) is 10.2 Å². The van der Waals surface area contributed by atoms with Crippen LogP contribution in [0.25, 0.3) is 16.7 Å². The van der Waals surface area contributed by atoms with E-state index in [-0.39, 0.29) is 12.5 Å². The molecule has 7 nitrogen and oxygen atoms in total. The summed E-state index contributed by atoms with van der Waals surface area (Å²) in [5.41, 5.74) is 4.95. The maximum Gasteiger partial charge on any atom is 0.262 e. The summed E-state index contributed by atoms with van der Waals surface area (Å²) in [4.78, 5) is 14.0. The Labute approximate surface area is 194 Å². The second-order valence-corrected chi connectivity index (χ2v) is 8.20. The summed E-state index contributed by atoms with van der Waals surface area (Å²) in [5, 5.41) is 11.9. The number of benzene rings is 3. The lowest BCUT2D eigenvalue weighted by atomic mass is 10.1. The molecule has 0 saturated heterocycles. The standard InChI is InChI=1S/C24H23BrN4O3/c1-4-31-19-8-6-18(7-9-19)29-27-21-10-5-17(13-22(21)28-29)26-23(30)14-32-24-16(3)11-15(2)12-20(24)25/h5-13H,4,14H2,1-3H3,(H,26,30). The summed E-state index contributed by atoms with van der Waals surface area (Å²) in [6.45, 7) is 6.42. The molecular formula is C24H23BrN4O3. The van der Waals surface area contributed by atoms with Gasteiger partial charge in [0.25, 0.3) is 5.91 Å². The number of nitrogens with zero attached hydrogens (tertiary/aromatic N) is 3. The van der Waals surface area contributed by atoms with E-state index in [1.165, 1.54) is 0 Å². The molecule has 0 fully saturated rings. The first kappa shape index (κ1) is 21.8. The van der Waals surface area contributed by atoms with Crippen LogP contribution in [0.1, 0.15) is 18.1 Å². The molecule has 3 aromatic carbocycles. The van der Waals surface area contributed by atoms with Crippen LogP contribution in [-0.2, 0) is 4.79 Å². The zero-order valence-corrected chi connectivity index (χ0v) is 19.6.